The summed E-state index contributed by atoms with van der Waals surface area (Å²) in [6, 6.07) is 13.1. The van der Waals surface area contributed by atoms with Crippen molar-refractivity contribution < 1.29 is 9.90 Å². The number of hydrogen-bond donors (Lipinski definition) is 2. The van der Waals surface area contributed by atoms with Crippen molar-refractivity contribution >= 4 is 28.1 Å². The minimum atomic E-state index is -0.398. The molecule has 0 saturated carbocycles. The fraction of sp³-hybridized carbons (Fsp3) is 0. The average Bonchev–Trinajstić information content (AvgIpc) is 2.50. The molecule has 0 aromatic heterocycles. The maximum atomic E-state index is 11.8. The van der Waals surface area contributed by atoms with Crippen molar-refractivity contribution in [2.24, 2.45) is 5.10 Å². The molecule has 0 aliphatic carbocycles. The second-order valence-electron chi connectivity index (χ2n) is 4.09. The van der Waals surface area contributed by atoms with E-state index in [9.17, 15) is 9.90 Å². The van der Waals surface area contributed by atoms with E-state index in [1.807, 2.05) is 6.07 Å². The molecule has 0 bridgehead atoms. The monoisotopic (exact) mass is 343 g/mol. The van der Waals surface area contributed by atoms with Gasteiger partial charge in [0.25, 0.3) is 5.91 Å². The third-order valence-corrected chi connectivity index (χ3v) is 3.13. The van der Waals surface area contributed by atoms with Gasteiger partial charge in [0.05, 0.1) is 17.8 Å². The molecule has 2 aromatic carbocycles. The first kappa shape index (κ1) is 14.8. The Hall–Kier alpha value is -2.65. The third kappa shape index (κ3) is 3.91. The van der Waals surface area contributed by atoms with Crippen molar-refractivity contribution in [3.05, 3.63) is 63.6 Å². The highest BCUT2D eigenvalue weighted by Gasteiger charge is 2.04. The van der Waals surface area contributed by atoms with E-state index < -0.39 is 5.91 Å². The zero-order valence-corrected chi connectivity index (χ0v) is 12.3. The third-order valence-electron chi connectivity index (χ3n) is 2.64. The molecule has 0 heterocycles. The van der Waals surface area contributed by atoms with Gasteiger partial charge in [-0.2, -0.15) is 10.4 Å². The molecular weight excluding hydrogens is 334 g/mol. The van der Waals surface area contributed by atoms with Gasteiger partial charge < -0.3 is 5.11 Å². The van der Waals surface area contributed by atoms with Gasteiger partial charge >= 0.3 is 0 Å². The first-order chi connectivity index (χ1) is 10.1. The fourth-order valence-electron chi connectivity index (χ4n) is 1.55. The molecule has 1 amide bonds. The average molecular weight is 344 g/mol. The first-order valence-electron chi connectivity index (χ1n) is 5.92. The quantitative estimate of drug-likeness (QED) is 0.663. The Bertz CT molecular complexity index is 734. The summed E-state index contributed by atoms with van der Waals surface area (Å²) in [5.74, 6) is -0.334. The van der Waals surface area contributed by atoms with Crippen LogP contribution in [0.4, 0.5) is 0 Å². The van der Waals surface area contributed by atoms with E-state index in [2.05, 4.69) is 26.5 Å². The Kier molecular flexibility index (Phi) is 4.69. The number of aromatic hydroxyl groups is 1. The maximum absolute atomic E-state index is 11.8. The van der Waals surface area contributed by atoms with E-state index in [-0.39, 0.29) is 5.75 Å². The van der Waals surface area contributed by atoms with Gasteiger partial charge in [-0.3, -0.25) is 4.79 Å². The SMILES string of the molecule is N#Cc1ccc(C(=O)NN=Cc2cc(Br)ccc2O)cc1. The van der Waals surface area contributed by atoms with Crippen LogP contribution >= 0.6 is 15.9 Å². The number of carbonyl (C=O) groups excluding carboxylic acids is 1. The number of nitrogens with zero attached hydrogens (tertiary/aromatic N) is 2. The lowest BCUT2D eigenvalue weighted by molar-refractivity contribution is 0.0955. The fourth-order valence-corrected chi connectivity index (χ4v) is 1.93. The number of phenolic OH excluding ortho intramolecular Hbond substituents is 1. The smallest absolute Gasteiger partial charge is 0.271 e. The minimum absolute atomic E-state index is 0.0644. The largest absolute Gasteiger partial charge is 0.507 e. The number of amides is 1. The van der Waals surface area contributed by atoms with Crippen LogP contribution in [0.15, 0.2) is 52.0 Å². The van der Waals surface area contributed by atoms with Crippen LogP contribution in [-0.2, 0) is 0 Å². The minimum Gasteiger partial charge on any atom is -0.507 e. The molecule has 0 unspecified atom stereocenters. The highest BCUT2D eigenvalue weighted by atomic mass is 79.9. The van der Waals surface area contributed by atoms with Crippen molar-refractivity contribution in [2.45, 2.75) is 0 Å². The number of benzene rings is 2. The van der Waals surface area contributed by atoms with Gasteiger partial charge in [0.2, 0.25) is 0 Å². The second-order valence-corrected chi connectivity index (χ2v) is 5.01. The summed E-state index contributed by atoms with van der Waals surface area (Å²) in [6.07, 6.45) is 1.35. The molecule has 6 heteroatoms. The summed E-state index contributed by atoms with van der Waals surface area (Å²) in [5, 5.41) is 22.1. The first-order valence-corrected chi connectivity index (χ1v) is 6.71. The predicted molar refractivity (Wildman–Crippen MR) is 82.0 cm³/mol. The standard InChI is InChI=1S/C15H10BrN3O2/c16-13-5-6-14(20)12(7-13)9-18-19-15(21)11-3-1-10(8-17)2-4-11/h1-7,9,20H,(H,19,21). The number of phenols is 1. The van der Waals surface area contributed by atoms with Crippen LogP contribution < -0.4 is 5.43 Å². The normalized spacial score (nSPS) is 10.3. The van der Waals surface area contributed by atoms with Crippen molar-refractivity contribution in [3.8, 4) is 11.8 Å². The topological polar surface area (TPSA) is 85.5 Å². The van der Waals surface area contributed by atoms with Crippen molar-refractivity contribution in [3.63, 3.8) is 0 Å². The van der Waals surface area contributed by atoms with E-state index in [4.69, 9.17) is 5.26 Å². The van der Waals surface area contributed by atoms with Gasteiger partial charge in [0.1, 0.15) is 5.75 Å². The Morgan fingerprint density at radius 1 is 1.29 bits per heavy atom. The van der Waals surface area contributed by atoms with Gasteiger partial charge in [0.15, 0.2) is 0 Å². The van der Waals surface area contributed by atoms with Gasteiger partial charge in [-0.15, -0.1) is 0 Å². The molecule has 0 radical (unpaired) electrons. The van der Waals surface area contributed by atoms with E-state index in [0.717, 1.165) is 4.47 Å². The second kappa shape index (κ2) is 6.68. The van der Waals surface area contributed by atoms with Crippen molar-refractivity contribution in [2.75, 3.05) is 0 Å². The van der Waals surface area contributed by atoms with E-state index in [1.54, 1.807) is 36.4 Å². The molecule has 0 atom stereocenters. The van der Waals surface area contributed by atoms with Crippen molar-refractivity contribution in [1.29, 1.82) is 5.26 Å². The zero-order valence-electron chi connectivity index (χ0n) is 10.7. The van der Waals surface area contributed by atoms with Gasteiger partial charge in [0, 0.05) is 15.6 Å². The molecule has 21 heavy (non-hydrogen) atoms. The van der Waals surface area contributed by atoms with Crippen LogP contribution in [-0.4, -0.2) is 17.2 Å². The van der Waals surface area contributed by atoms with E-state index >= 15 is 0 Å². The summed E-state index contributed by atoms with van der Waals surface area (Å²) in [5.41, 5.74) is 3.70. The van der Waals surface area contributed by atoms with Gasteiger partial charge in [-0.05, 0) is 42.5 Å². The van der Waals surface area contributed by atoms with Crippen LogP contribution in [0.3, 0.4) is 0 Å². The van der Waals surface area contributed by atoms with Gasteiger partial charge in [-0.1, -0.05) is 15.9 Å². The molecule has 2 N–H and O–H groups in total. The van der Waals surface area contributed by atoms with Crippen LogP contribution in [0.5, 0.6) is 5.75 Å². The van der Waals surface area contributed by atoms with Crippen LogP contribution in [0.25, 0.3) is 0 Å². The Morgan fingerprint density at radius 3 is 2.67 bits per heavy atom. The summed E-state index contributed by atoms with van der Waals surface area (Å²) in [7, 11) is 0. The predicted octanol–water partition coefficient (Wildman–Crippen LogP) is 2.79. The summed E-state index contributed by atoms with van der Waals surface area (Å²) >= 11 is 3.28. The number of rotatable bonds is 3. The zero-order chi connectivity index (χ0) is 15.2. The molecule has 0 spiro atoms. The Balaban J connectivity index is 2.04. The molecule has 5 nitrogen and oxygen atoms in total. The highest BCUT2D eigenvalue weighted by molar-refractivity contribution is 9.10. The van der Waals surface area contributed by atoms with Crippen LogP contribution in [0.1, 0.15) is 21.5 Å². The number of hydrogen-bond acceptors (Lipinski definition) is 4. The number of nitrogens with one attached hydrogen (secondary N) is 1. The Morgan fingerprint density at radius 2 is 2.00 bits per heavy atom. The summed E-state index contributed by atoms with van der Waals surface area (Å²) in [4.78, 5) is 11.8. The lowest BCUT2D eigenvalue weighted by Gasteiger charge is -2.01. The van der Waals surface area contributed by atoms with E-state index in [1.165, 1.54) is 12.3 Å². The van der Waals surface area contributed by atoms with Crippen molar-refractivity contribution in [1.82, 2.24) is 5.43 Å². The van der Waals surface area contributed by atoms with E-state index in [0.29, 0.717) is 16.7 Å². The molecule has 0 fully saturated rings. The maximum Gasteiger partial charge on any atom is 0.271 e. The number of nitriles is 1. The van der Waals surface area contributed by atoms with Crippen LogP contribution in [0.2, 0.25) is 0 Å². The molecule has 0 saturated heterocycles. The number of halogens is 1. The lowest BCUT2D eigenvalue weighted by Crippen LogP contribution is -2.17. The molecule has 104 valence electrons. The Labute approximate surface area is 129 Å². The molecular formula is C15H10BrN3O2. The highest BCUT2D eigenvalue weighted by Crippen LogP contribution is 2.19. The molecule has 0 aliphatic heterocycles. The van der Waals surface area contributed by atoms with Gasteiger partial charge in [-0.25, -0.2) is 5.43 Å². The number of carbonyl (C=O) groups is 1. The summed E-state index contributed by atoms with van der Waals surface area (Å²) < 4.78 is 0.792. The van der Waals surface area contributed by atoms with Crippen LogP contribution in [0, 0.1) is 11.3 Å². The molecule has 2 aromatic rings. The summed E-state index contributed by atoms with van der Waals surface area (Å²) in [6.45, 7) is 0. The lowest BCUT2D eigenvalue weighted by atomic mass is 10.1. The molecule has 2 rings (SSSR count). The number of hydrazone groups is 1. The molecule has 0 aliphatic rings.